The van der Waals surface area contributed by atoms with Gasteiger partial charge >= 0.3 is 6.18 Å². The first-order valence-corrected chi connectivity index (χ1v) is 8.57. The number of ketones is 1. The van der Waals surface area contributed by atoms with E-state index in [2.05, 4.69) is 10.5 Å². The van der Waals surface area contributed by atoms with Gasteiger partial charge in [0.2, 0.25) is 11.5 Å². The molecule has 8 heteroatoms. The first kappa shape index (κ1) is 21.5. The van der Waals surface area contributed by atoms with Crippen LogP contribution in [0.15, 0.2) is 47.6 Å². The van der Waals surface area contributed by atoms with Crippen LogP contribution in [-0.2, 0) is 11.6 Å². The molecule has 2 aromatic carbocycles. The van der Waals surface area contributed by atoms with Gasteiger partial charge < -0.3 is 0 Å². The number of alkyl halides is 3. The van der Waals surface area contributed by atoms with E-state index in [9.17, 15) is 23.2 Å². The highest BCUT2D eigenvalue weighted by atomic mass is 35.5. The summed E-state index contributed by atoms with van der Waals surface area (Å²) in [6.07, 6.45) is -4.58. The van der Waals surface area contributed by atoms with Crippen molar-refractivity contribution in [1.29, 1.82) is 5.26 Å². The second-order valence-corrected chi connectivity index (χ2v) is 7.44. The molecule has 0 spiro atoms. The standard InChI is InChI=1S/C20H17ClF3N3O/c1-19(2,3)13-6-4-12(5-7-13)18(28)17(11-25)27-26-14-8-9-15(16(21)10-14)20(22,23)24/h4-10,26H,1-3H3/b27-17+. The van der Waals surface area contributed by atoms with Crippen LogP contribution in [0.1, 0.15) is 42.3 Å². The number of Topliss-reactive ketones (excluding diaryl/α,β-unsaturated/α-hetero) is 1. The molecule has 0 aliphatic carbocycles. The molecule has 0 fully saturated rings. The Morgan fingerprint density at radius 3 is 2.18 bits per heavy atom. The van der Waals surface area contributed by atoms with Crippen LogP contribution in [0.5, 0.6) is 0 Å². The normalized spacial score (nSPS) is 12.4. The molecule has 0 radical (unpaired) electrons. The summed E-state index contributed by atoms with van der Waals surface area (Å²) in [5, 5.41) is 12.4. The molecule has 4 nitrogen and oxygen atoms in total. The summed E-state index contributed by atoms with van der Waals surface area (Å²) in [7, 11) is 0. The number of nitrogens with zero attached hydrogens (tertiary/aromatic N) is 2. The monoisotopic (exact) mass is 407 g/mol. The Balaban J connectivity index is 2.21. The molecule has 0 heterocycles. The lowest BCUT2D eigenvalue weighted by molar-refractivity contribution is -0.137. The number of nitrogens with one attached hydrogen (secondary N) is 1. The Hall–Kier alpha value is -2.85. The number of carbonyl (C=O) groups is 1. The van der Waals surface area contributed by atoms with Crippen LogP contribution in [0, 0.1) is 11.3 Å². The van der Waals surface area contributed by atoms with Gasteiger partial charge in [-0.2, -0.15) is 23.5 Å². The lowest BCUT2D eigenvalue weighted by Gasteiger charge is -2.18. The summed E-state index contributed by atoms with van der Waals surface area (Å²) in [6, 6.07) is 11.4. The number of anilines is 1. The van der Waals surface area contributed by atoms with Crippen molar-refractivity contribution in [2.24, 2.45) is 5.10 Å². The Morgan fingerprint density at radius 1 is 1.11 bits per heavy atom. The zero-order chi connectivity index (χ0) is 21.1. The molecule has 0 saturated heterocycles. The van der Waals surface area contributed by atoms with Gasteiger partial charge in [0.15, 0.2) is 0 Å². The van der Waals surface area contributed by atoms with Crippen LogP contribution in [-0.4, -0.2) is 11.5 Å². The van der Waals surface area contributed by atoms with E-state index in [1.165, 1.54) is 0 Å². The second kappa shape index (κ2) is 8.03. The van der Waals surface area contributed by atoms with Gasteiger partial charge in [-0.15, -0.1) is 0 Å². The number of hydrazone groups is 1. The molecule has 0 atom stereocenters. The van der Waals surface area contributed by atoms with Crippen molar-refractivity contribution >= 4 is 28.8 Å². The van der Waals surface area contributed by atoms with Crippen molar-refractivity contribution in [2.45, 2.75) is 32.4 Å². The van der Waals surface area contributed by atoms with Crippen molar-refractivity contribution in [3.05, 3.63) is 64.2 Å². The molecular weight excluding hydrogens is 391 g/mol. The Kier molecular flexibility index (Phi) is 6.15. The minimum Gasteiger partial charge on any atom is -0.286 e. The Bertz CT molecular complexity index is 953. The summed E-state index contributed by atoms with van der Waals surface area (Å²) in [6.45, 7) is 6.10. The summed E-state index contributed by atoms with van der Waals surface area (Å²) in [5.41, 5.74) is 2.31. The summed E-state index contributed by atoms with van der Waals surface area (Å²) >= 11 is 5.63. The zero-order valence-corrected chi connectivity index (χ0v) is 16.1. The van der Waals surface area contributed by atoms with Crippen molar-refractivity contribution in [1.82, 2.24) is 0 Å². The van der Waals surface area contributed by atoms with Crippen LogP contribution in [0.4, 0.5) is 18.9 Å². The highest BCUT2D eigenvalue weighted by Gasteiger charge is 2.33. The third kappa shape index (κ3) is 5.11. The molecule has 146 valence electrons. The third-order valence-electron chi connectivity index (χ3n) is 3.91. The molecule has 28 heavy (non-hydrogen) atoms. The van der Waals surface area contributed by atoms with Crippen LogP contribution in [0.2, 0.25) is 5.02 Å². The molecule has 2 rings (SSSR count). The smallest absolute Gasteiger partial charge is 0.286 e. The lowest BCUT2D eigenvalue weighted by atomic mass is 9.86. The minimum atomic E-state index is -4.58. The fourth-order valence-electron chi connectivity index (χ4n) is 2.32. The van der Waals surface area contributed by atoms with Gasteiger partial charge in [-0.05, 0) is 29.2 Å². The van der Waals surface area contributed by atoms with E-state index in [1.54, 1.807) is 30.3 Å². The van der Waals surface area contributed by atoms with E-state index in [4.69, 9.17) is 11.6 Å². The average Bonchev–Trinajstić information content (AvgIpc) is 2.60. The number of halogens is 4. The molecule has 0 aromatic heterocycles. The van der Waals surface area contributed by atoms with E-state index >= 15 is 0 Å². The maximum atomic E-state index is 12.7. The number of hydrogen-bond donors (Lipinski definition) is 1. The molecule has 1 N–H and O–H groups in total. The summed E-state index contributed by atoms with van der Waals surface area (Å²) in [4.78, 5) is 12.4. The van der Waals surface area contributed by atoms with Crippen molar-refractivity contribution in [2.75, 3.05) is 5.43 Å². The fourth-order valence-corrected chi connectivity index (χ4v) is 2.61. The van der Waals surface area contributed by atoms with E-state index in [0.717, 1.165) is 23.8 Å². The van der Waals surface area contributed by atoms with Crippen molar-refractivity contribution < 1.29 is 18.0 Å². The molecule has 0 unspecified atom stereocenters. The Labute approximate surface area is 165 Å². The maximum absolute atomic E-state index is 12.7. The van der Waals surface area contributed by atoms with E-state index in [0.29, 0.717) is 0 Å². The van der Waals surface area contributed by atoms with Crippen LogP contribution < -0.4 is 5.43 Å². The number of rotatable bonds is 4. The summed E-state index contributed by atoms with van der Waals surface area (Å²) in [5.74, 6) is -0.603. The number of benzene rings is 2. The molecule has 0 bridgehead atoms. The Morgan fingerprint density at radius 2 is 1.71 bits per heavy atom. The van der Waals surface area contributed by atoms with Crippen LogP contribution >= 0.6 is 11.6 Å². The third-order valence-corrected chi connectivity index (χ3v) is 4.22. The largest absolute Gasteiger partial charge is 0.417 e. The van der Waals surface area contributed by atoms with E-state index in [1.807, 2.05) is 20.8 Å². The van der Waals surface area contributed by atoms with Gasteiger partial charge in [0, 0.05) is 5.56 Å². The van der Waals surface area contributed by atoms with Gasteiger partial charge in [0.25, 0.3) is 0 Å². The second-order valence-electron chi connectivity index (χ2n) is 7.03. The SMILES string of the molecule is CC(C)(C)c1ccc(C(=O)/C(C#N)=N/Nc2ccc(C(F)(F)F)c(Cl)c2)cc1. The van der Waals surface area contributed by atoms with Crippen LogP contribution in [0.3, 0.4) is 0 Å². The maximum Gasteiger partial charge on any atom is 0.417 e. The topological polar surface area (TPSA) is 65.2 Å². The molecule has 0 amide bonds. The zero-order valence-electron chi connectivity index (χ0n) is 15.4. The van der Waals surface area contributed by atoms with Crippen molar-refractivity contribution in [3.8, 4) is 6.07 Å². The van der Waals surface area contributed by atoms with Gasteiger partial charge in [-0.25, -0.2) is 0 Å². The van der Waals surface area contributed by atoms with Gasteiger partial charge in [0.05, 0.1) is 16.3 Å². The predicted octanol–water partition coefficient (Wildman–Crippen LogP) is 5.83. The molecule has 0 aliphatic rings. The van der Waals surface area contributed by atoms with Gasteiger partial charge in [-0.3, -0.25) is 10.2 Å². The summed E-state index contributed by atoms with van der Waals surface area (Å²) < 4.78 is 38.2. The first-order chi connectivity index (χ1) is 12.9. The average molecular weight is 408 g/mol. The number of hydrogen-bond acceptors (Lipinski definition) is 4. The van der Waals surface area contributed by atoms with E-state index < -0.39 is 28.3 Å². The highest BCUT2D eigenvalue weighted by Crippen LogP contribution is 2.35. The highest BCUT2D eigenvalue weighted by molar-refractivity contribution is 6.51. The minimum absolute atomic E-state index is 0.0862. The fraction of sp³-hybridized carbons (Fsp3) is 0.250. The van der Waals surface area contributed by atoms with Gasteiger partial charge in [-0.1, -0.05) is 56.6 Å². The van der Waals surface area contributed by atoms with Crippen molar-refractivity contribution in [3.63, 3.8) is 0 Å². The quantitative estimate of drug-likeness (QED) is 0.394. The van der Waals surface area contributed by atoms with Gasteiger partial charge in [0.1, 0.15) is 6.07 Å². The first-order valence-electron chi connectivity index (χ1n) is 8.19. The molecule has 0 aliphatic heterocycles. The lowest BCUT2D eigenvalue weighted by Crippen LogP contribution is -2.16. The number of carbonyl (C=O) groups excluding carboxylic acids is 1. The number of nitriles is 1. The van der Waals surface area contributed by atoms with E-state index in [-0.39, 0.29) is 16.7 Å². The van der Waals surface area contributed by atoms with Crippen LogP contribution in [0.25, 0.3) is 0 Å². The molecule has 0 saturated carbocycles. The molecular formula is C20H17ClF3N3O. The molecule has 2 aromatic rings. The predicted molar refractivity (Wildman–Crippen MR) is 103 cm³/mol.